The molecule has 0 saturated heterocycles. The number of anilines is 1. The summed E-state index contributed by atoms with van der Waals surface area (Å²) in [6, 6.07) is 3.56. The fourth-order valence-electron chi connectivity index (χ4n) is 3.70. The van der Waals surface area contributed by atoms with E-state index in [4.69, 9.17) is 0 Å². The van der Waals surface area contributed by atoms with Crippen LogP contribution in [0.1, 0.15) is 44.1 Å². The van der Waals surface area contributed by atoms with Crippen molar-refractivity contribution in [3.05, 3.63) is 22.2 Å². The first kappa shape index (κ1) is 16.5. The minimum atomic E-state index is -3.58. The molecule has 0 spiro atoms. The maximum Gasteiger partial charge on any atom is 0.242 e. The Kier molecular flexibility index (Phi) is 4.21. The van der Waals surface area contributed by atoms with Gasteiger partial charge in [0, 0.05) is 28.7 Å². The Morgan fingerprint density at radius 1 is 1.17 bits per heavy atom. The first-order chi connectivity index (χ1) is 11.5. The van der Waals surface area contributed by atoms with E-state index in [2.05, 4.69) is 20.7 Å². The number of fused-ring (bicyclic) bond motifs is 1. The molecule has 3 aliphatic rings. The maximum absolute atomic E-state index is 12.8. The fraction of sp³-hybridized carbons (Fsp3) is 0.588. The number of sulfonamides is 1. The molecule has 5 nitrogen and oxygen atoms in total. The Morgan fingerprint density at radius 2 is 1.88 bits per heavy atom. The third-order valence-corrected chi connectivity index (χ3v) is 7.67. The first-order valence-electron chi connectivity index (χ1n) is 8.62. The summed E-state index contributed by atoms with van der Waals surface area (Å²) in [5.74, 6) is 0.277. The Hall–Kier alpha value is -0.920. The van der Waals surface area contributed by atoms with Crippen LogP contribution in [0, 0.1) is 5.92 Å². The molecule has 2 fully saturated rings. The van der Waals surface area contributed by atoms with Crippen LogP contribution in [0.3, 0.4) is 0 Å². The normalized spacial score (nSPS) is 21.3. The van der Waals surface area contributed by atoms with Crippen molar-refractivity contribution < 1.29 is 13.2 Å². The van der Waals surface area contributed by atoms with Crippen molar-refractivity contribution in [3.63, 3.8) is 0 Å². The molecule has 1 N–H and O–H groups in total. The van der Waals surface area contributed by atoms with Crippen LogP contribution in [0.4, 0.5) is 5.69 Å². The lowest BCUT2D eigenvalue weighted by Crippen LogP contribution is -2.33. The zero-order valence-corrected chi connectivity index (χ0v) is 15.8. The van der Waals surface area contributed by atoms with Crippen molar-refractivity contribution in [3.8, 4) is 0 Å². The second-order valence-electron chi connectivity index (χ2n) is 7.03. The third kappa shape index (κ3) is 3.02. The predicted molar refractivity (Wildman–Crippen MR) is 95.5 cm³/mol. The van der Waals surface area contributed by atoms with Gasteiger partial charge in [-0.25, -0.2) is 13.1 Å². The van der Waals surface area contributed by atoms with Gasteiger partial charge < -0.3 is 4.90 Å². The van der Waals surface area contributed by atoms with E-state index in [1.54, 1.807) is 11.0 Å². The van der Waals surface area contributed by atoms with E-state index in [9.17, 15) is 13.2 Å². The topological polar surface area (TPSA) is 66.5 Å². The standard InChI is InChI=1S/C17H21BrN2O3S/c18-14-9-12-7-8-20(17(21)11-5-6-11)15(12)10-16(14)24(22,23)19-13-3-1-2-4-13/h9-11,13,19H,1-8H2. The van der Waals surface area contributed by atoms with Gasteiger partial charge in [0.2, 0.25) is 15.9 Å². The van der Waals surface area contributed by atoms with Gasteiger partial charge in [-0.1, -0.05) is 12.8 Å². The summed E-state index contributed by atoms with van der Waals surface area (Å²) >= 11 is 3.41. The SMILES string of the molecule is O=C(C1CC1)N1CCc2cc(Br)c(S(=O)(=O)NC3CCCC3)cc21. The smallest absolute Gasteiger partial charge is 0.242 e. The van der Waals surface area contributed by atoms with E-state index in [0.717, 1.165) is 56.2 Å². The number of hydrogen-bond donors (Lipinski definition) is 1. The lowest BCUT2D eigenvalue weighted by atomic mass is 10.2. The van der Waals surface area contributed by atoms with Crippen LogP contribution in [0.25, 0.3) is 0 Å². The summed E-state index contributed by atoms with van der Waals surface area (Å²) in [6.07, 6.45) is 6.63. The molecule has 2 saturated carbocycles. The number of rotatable bonds is 4. The van der Waals surface area contributed by atoms with E-state index in [0.29, 0.717) is 11.0 Å². The molecule has 0 radical (unpaired) electrons. The molecular weight excluding hydrogens is 392 g/mol. The lowest BCUT2D eigenvalue weighted by Gasteiger charge is -2.19. The van der Waals surface area contributed by atoms with Crippen LogP contribution < -0.4 is 9.62 Å². The van der Waals surface area contributed by atoms with Crippen LogP contribution in [0.2, 0.25) is 0 Å². The van der Waals surface area contributed by atoms with Gasteiger partial charge in [-0.15, -0.1) is 0 Å². The van der Waals surface area contributed by atoms with Crippen LogP contribution in [-0.2, 0) is 21.2 Å². The first-order valence-corrected chi connectivity index (χ1v) is 10.9. The summed E-state index contributed by atoms with van der Waals surface area (Å²) in [6.45, 7) is 0.649. The fourth-order valence-corrected chi connectivity index (χ4v) is 6.11. The highest BCUT2D eigenvalue weighted by molar-refractivity contribution is 9.10. The van der Waals surface area contributed by atoms with Crippen molar-refractivity contribution in [2.45, 2.75) is 55.9 Å². The van der Waals surface area contributed by atoms with E-state index in [1.165, 1.54) is 0 Å². The second kappa shape index (κ2) is 6.11. The quantitative estimate of drug-likeness (QED) is 0.826. The summed E-state index contributed by atoms with van der Waals surface area (Å²) in [7, 11) is -3.58. The van der Waals surface area contributed by atoms with Gasteiger partial charge in [0.1, 0.15) is 0 Å². The van der Waals surface area contributed by atoms with Gasteiger partial charge >= 0.3 is 0 Å². The minimum absolute atomic E-state index is 0.0272. The number of benzene rings is 1. The molecule has 1 heterocycles. The molecule has 1 aromatic carbocycles. The molecule has 0 bridgehead atoms. The van der Waals surface area contributed by atoms with E-state index in [-0.39, 0.29) is 22.8 Å². The number of nitrogens with one attached hydrogen (secondary N) is 1. The van der Waals surface area contributed by atoms with Crippen LogP contribution in [0.5, 0.6) is 0 Å². The van der Waals surface area contributed by atoms with Crippen molar-refractivity contribution >= 4 is 37.5 Å². The summed E-state index contributed by atoms with van der Waals surface area (Å²) < 4.78 is 29.0. The van der Waals surface area contributed by atoms with Gasteiger partial charge in [-0.3, -0.25) is 4.79 Å². The van der Waals surface area contributed by atoms with Gasteiger partial charge in [0.25, 0.3) is 0 Å². The molecule has 130 valence electrons. The Bertz CT molecular complexity index is 783. The number of carbonyl (C=O) groups is 1. The van der Waals surface area contributed by atoms with E-state index in [1.807, 2.05) is 6.07 Å². The van der Waals surface area contributed by atoms with E-state index < -0.39 is 10.0 Å². The number of amides is 1. The van der Waals surface area contributed by atoms with Gasteiger partial charge in [-0.2, -0.15) is 0 Å². The van der Waals surface area contributed by atoms with Crippen molar-refractivity contribution in [2.75, 3.05) is 11.4 Å². The molecule has 4 rings (SSSR count). The predicted octanol–water partition coefficient (Wildman–Crippen LogP) is 2.97. The zero-order chi connectivity index (χ0) is 16.9. The van der Waals surface area contributed by atoms with Crippen LogP contribution >= 0.6 is 15.9 Å². The third-order valence-electron chi connectivity index (χ3n) is 5.19. The van der Waals surface area contributed by atoms with Crippen LogP contribution in [-0.4, -0.2) is 26.9 Å². The van der Waals surface area contributed by atoms with Crippen LogP contribution in [0.15, 0.2) is 21.5 Å². The maximum atomic E-state index is 12.8. The minimum Gasteiger partial charge on any atom is -0.312 e. The number of hydrogen-bond acceptors (Lipinski definition) is 3. The summed E-state index contributed by atoms with van der Waals surface area (Å²) in [5, 5.41) is 0. The molecule has 1 amide bonds. The zero-order valence-electron chi connectivity index (χ0n) is 13.4. The van der Waals surface area contributed by atoms with Crippen molar-refractivity contribution in [1.82, 2.24) is 4.72 Å². The van der Waals surface area contributed by atoms with Gasteiger partial charge in [-0.05, 0) is 65.7 Å². The monoisotopic (exact) mass is 412 g/mol. The second-order valence-corrected chi connectivity index (χ2v) is 9.56. The number of nitrogens with zero attached hydrogens (tertiary/aromatic N) is 1. The highest BCUT2D eigenvalue weighted by Crippen LogP contribution is 2.39. The Labute approximate surface area is 151 Å². The lowest BCUT2D eigenvalue weighted by molar-refractivity contribution is -0.119. The Balaban J connectivity index is 1.66. The average molecular weight is 413 g/mol. The number of halogens is 1. The molecule has 1 aliphatic heterocycles. The summed E-state index contributed by atoms with van der Waals surface area (Å²) in [4.78, 5) is 14.5. The highest BCUT2D eigenvalue weighted by Gasteiger charge is 2.37. The molecule has 2 aliphatic carbocycles. The van der Waals surface area contributed by atoms with Crippen molar-refractivity contribution in [1.29, 1.82) is 0 Å². The van der Waals surface area contributed by atoms with E-state index >= 15 is 0 Å². The van der Waals surface area contributed by atoms with Gasteiger partial charge in [0.15, 0.2) is 0 Å². The highest BCUT2D eigenvalue weighted by atomic mass is 79.9. The molecule has 7 heteroatoms. The van der Waals surface area contributed by atoms with Crippen molar-refractivity contribution in [2.24, 2.45) is 5.92 Å². The molecular formula is C17H21BrN2O3S. The molecule has 24 heavy (non-hydrogen) atoms. The molecule has 0 unspecified atom stereocenters. The molecule has 1 aromatic rings. The number of carbonyl (C=O) groups excluding carboxylic acids is 1. The molecule has 0 aromatic heterocycles. The Morgan fingerprint density at radius 3 is 2.54 bits per heavy atom. The van der Waals surface area contributed by atoms with Gasteiger partial charge in [0.05, 0.1) is 4.90 Å². The largest absolute Gasteiger partial charge is 0.312 e. The summed E-state index contributed by atoms with van der Waals surface area (Å²) in [5.41, 5.74) is 1.80. The molecule has 0 atom stereocenters. The average Bonchev–Trinajstić information content (AvgIpc) is 3.12.